The summed E-state index contributed by atoms with van der Waals surface area (Å²) in [7, 11) is 5.34. The number of anilines is 1. The highest BCUT2D eigenvalue weighted by Gasteiger charge is 2.01. The molecule has 0 N–H and O–H groups in total. The van der Waals surface area contributed by atoms with Crippen molar-refractivity contribution in [1.82, 2.24) is 0 Å². The lowest BCUT2D eigenvalue weighted by Gasteiger charge is -2.22. The highest BCUT2D eigenvalue weighted by atomic mass is 15.1. The summed E-state index contributed by atoms with van der Waals surface area (Å²) >= 11 is 0. The van der Waals surface area contributed by atoms with Crippen LogP contribution >= 0.6 is 0 Å². The summed E-state index contributed by atoms with van der Waals surface area (Å²) in [6.07, 6.45) is 3.08. The second-order valence-corrected chi connectivity index (χ2v) is 3.53. The Balaban J connectivity index is 2.77. The average Bonchev–Trinajstić information content (AvgIpc) is 2.28. The monoisotopic (exact) mass is 199 g/mol. The molecule has 0 saturated carbocycles. The van der Waals surface area contributed by atoms with Crippen molar-refractivity contribution in [1.29, 1.82) is 0 Å². The van der Waals surface area contributed by atoms with E-state index in [9.17, 15) is 0 Å². The minimum absolute atomic E-state index is 1.06. The molecule has 0 bridgehead atoms. The molecule has 2 radical (unpaired) electrons. The van der Waals surface area contributed by atoms with Crippen molar-refractivity contribution >= 4 is 19.6 Å². The zero-order valence-corrected chi connectivity index (χ0v) is 9.61. The first-order valence-electron chi connectivity index (χ1n) is 5.55. The minimum Gasteiger partial charge on any atom is -0.372 e. The number of hydrogen-bond acceptors (Lipinski definition) is 1. The van der Waals surface area contributed by atoms with E-state index in [0.717, 1.165) is 18.7 Å². The van der Waals surface area contributed by atoms with Crippen LogP contribution in [0.5, 0.6) is 0 Å². The van der Waals surface area contributed by atoms with Gasteiger partial charge in [-0.15, -0.1) is 5.98 Å². The third-order valence-corrected chi connectivity index (χ3v) is 2.42. The van der Waals surface area contributed by atoms with Crippen LogP contribution in [0.2, 0.25) is 0 Å². The molecule has 1 nitrogen and oxygen atoms in total. The Kier molecular flexibility index (Phi) is 5.02. The fraction of sp³-hybridized carbons (Fsp3) is 0.385. The first-order valence-corrected chi connectivity index (χ1v) is 5.55. The van der Waals surface area contributed by atoms with E-state index in [1.807, 2.05) is 6.08 Å². The smallest absolute Gasteiger partial charge is 0.102 e. The van der Waals surface area contributed by atoms with Crippen molar-refractivity contribution in [2.45, 2.75) is 20.3 Å². The zero-order chi connectivity index (χ0) is 11.1. The van der Waals surface area contributed by atoms with Crippen LogP contribution in [0.1, 0.15) is 25.8 Å². The summed E-state index contributed by atoms with van der Waals surface area (Å²) in [5.74, 6) is 1.57. The summed E-state index contributed by atoms with van der Waals surface area (Å²) in [6, 6.07) is 8.48. The summed E-state index contributed by atoms with van der Waals surface area (Å²) < 4.78 is 0. The molecule has 0 atom stereocenters. The molecule has 0 aromatic heterocycles. The maximum absolute atomic E-state index is 5.34. The van der Waals surface area contributed by atoms with Gasteiger partial charge in [0.25, 0.3) is 0 Å². The van der Waals surface area contributed by atoms with Crippen molar-refractivity contribution in [3.8, 4) is 0 Å². The number of nitrogens with zero attached hydrogens (tertiary/aromatic N) is 1. The van der Waals surface area contributed by atoms with Crippen molar-refractivity contribution in [2.24, 2.45) is 0 Å². The van der Waals surface area contributed by atoms with Crippen molar-refractivity contribution in [3.05, 3.63) is 35.8 Å². The lowest BCUT2D eigenvalue weighted by atomic mass is 10.1. The minimum atomic E-state index is 1.06. The van der Waals surface area contributed by atoms with Crippen LogP contribution in [0.4, 0.5) is 5.69 Å². The van der Waals surface area contributed by atoms with E-state index in [2.05, 4.69) is 43.0 Å². The predicted octanol–water partition coefficient (Wildman–Crippen LogP) is 3.06. The van der Waals surface area contributed by atoms with E-state index >= 15 is 0 Å². The van der Waals surface area contributed by atoms with Gasteiger partial charge >= 0.3 is 0 Å². The van der Waals surface area contributed by atoms with Crippen LogP contribution in [0, 0.1) is 0 Å². The maximum atomic E-state index is 5.34. The van der Waals surface area contributed by atoms with Crippen molar-refractivity contribution in [3.63, 3.8) is 0 Å². The Morgan fingerprint density at radius 1 is 1.20 bits per heavy atom. The fourth-order valence-corrected chi connectivity index (χ4v) is 1.65. The molecule has 0 aliphatic carbocycles. The molecule has 1 aromatic rings. The summed E-state index contributed by atoms with van der Waals surface area (Å²) in [5.41, 5.74) is 2.43. The van der Waals surface area contributed by atoms with E-state index in [0.29, 0.717) is 0 Å². The lowest BCUT2D eigenvalue weighted by Crippen LogP contribution is -2.23. The summed E-state index contributed by atoms with van der Waals surface area (Å²) in [5, 5.41) is 0. The van der Waals surface area contributed by atoms with E-state index in [-0.39, 0.29) is 0 Å². The van der Waals surface area contributed by atoms with Gasteiger partial charge in [-0.1, -0.05) is 25.1 Å². The third-order valence-electron chi connectivity index (χ3n) is 2.42. The molecule has 78 valence electrons. The second kappa shape index (κ2) is 6.33. The Morgan fingerprint density at radius 2 is 1.87 bits per heavy atom. The molecule has 0 saturated heterocycles. The molecule has 0 spiro atoms. The van der Waals surface area contributed by atoms with Gasteiger partial charge in [-0.3, -0.25) is 0 Å². The van der Waals surface area contributed by atoms with Crippen molar-refractivity contribution in [2.75, 3.05) is 18.0 Å². The maximum Gasteiger partial charge on any atom is 0.102 e. The quantitative estimate of drug-likeness (QED) is 0.658. The first-order chi connectivity index (χ1) is 7.31. The second-order valence-electron chi connectivity index (χ2n) is 3.53. The van der Waals surface area contributed by atoms with Gasteiger partial charge in [-0.05, 0) is 31.0 Å². The summed E-state index contributed by atoms with van der Waals surface area (Å²) in [4.78, 5) is 2.37. The van der Waals surface area contributed by atoms with Gasteiger partial charge in [-0.25, -0.2) is 0 Å². The molecule has 0 aliphatic rings. The molecule has 15 heavy (non-hydrogen) atoms. The van der Waals surface area contributed by atoms with Gasteiger partial charge < -0.3 is 4.90 Å². The van der Waals surface area contributed by atoms with E-state index < -0.39 is 0 Å². The molecule has 0 aliphatic heterocycles. The van der Waals surface area contributed by atoms with Gasteiger partial charge in [0.15, 0.2) is 0 Å². The van der Waals surface area contributed by atoms with Crippen LogP contribution in [0.15, 0.2) is 30.2 Å². The van der Waals surface area contributed by atoms with Crippen molar-refractivity contribution < 1.29 is 0 Å². The fourth-order valence-electron chi connectivity index (χ4n) is 1.65. The molecule has 0 amide bonds. The molecule has 2 heteroatoms. The van der Waals surface area contributed by atoms with Crippen LogP contribution in [-0.4, -0.2) is 20.9 Å². The Morgan fingerprint density at radius 3 is 2.33 bits per heavy atom. The van der Waals surface area contributed by atoms with Crippen LogP contribution in [0.25, 0.3) is 6.08 Å². The topological polar surface area (TPSA) is 3.24 Å². The Labute approximate surface area is 94.2 Å². The molecule has 0 unspecified atom stereocenters. The predicted molar refractivity (Wildman–Crippen MR) is 69.4 cm³/mol. The molecule has 1 rings (SSSR count). The molecular formula is C13H18BN. The van der Waals surface area contributed by atoms with Gasteiger partial charge in [0.2, 0.25) is 0 Å². The van der Waals surface area contributed by atoms with Gasteiger partial charge in [0.1, 0.15) is 7.85 Å². The van der Waals surface area contributed by atoms with E-state index in [1.165, 1.54) is 12.1 Å². The molecule has 1 aromatic carbocycles. The van der Waals surface area contributed by atoms with E-state index in [1.54, 1.807) is 5.98 Å². The Bertz CT molecular complexity index is 303. The van der Waals surface area contributed by atoms with E-state index in [4.69, 9.17) is 7.85 Å². The zero-order valence-electron chi connectivity index (χ0n) is 9.61. The van der Waals surface area contributed by atoms with Gasteiger partial charge in [0.05, 0.1) is 0 Å². The number of hydrogen-bond donors (Lipinski definition) is 0. The number of rotatable bonds is 5. The van der Waals surface area contributed by atoms with Gasteiger partial charge in [0, 0.05) is 18.8 Å². The highest BCUT2D eigenvalue weighted by Crippen LogP contribution is 2.16. The lowest BCUT2D eigenvalue weighted by molar-refractivity contribution is 0.792. The van der Waals surface area contributed by atoms with Gasteiger partial charge in [-0.2, -0.15) is 0 Å². The normalized spacial score (nSPS) is 10.8. The largest absolute Gasteiger partial charge is 0.372 e. The van der Waals surface area contributed by atoms with Crippen LogP contribution in [0.3, 0.4) is 0 Å². The standard InChI is InChI=1S/C13H18BN/c1-3-11-15(4-2)13-7-5-12(6-8-13)9-10-14/h5-10H,3-4,11H2,1-2H3/b10-9+. The molecule has 0 fully saturated rings. The third kappa shape index (κ3) is 3.47. The molecule has 0 heterocycles. The van der Waals surface area contributed by atoms with Crippen LogP contribution in [-0.2, 0) is 0 Å². The first kappa shape index (κ1) is 11.9. The average molecular weight is 199 g/mol. The number of benzene rings is 1. The summed E-state index contributed by atoms with van der Waals surface area (Å²) in [6.45, 7) is 6.56. The molecular weight excluding hydrogens is 181 g/mol. The highest BCUT2D eigenvalue weighted by molar-refractivity contribution is 6.19. The van der Waals surface area contributed by atoms with Crippen LogP contribution < -0.4 is 4.90 Å². The Hall–Kier alpha value is -1.18. The SMILES string of the molecule is [B]/C=C/c1ccc(N(CC)CCC)cc1.